The van der Waals surface area contributed by atoms with Gasteiger partial charge in [0.2, 0.25) is 0 Å². The van der Waals surface area contributed by atoms with Crippen LogP contribution in [0, 0.1) is 13.8 Å². The van der Waals surface area contributed by atoms with Crippen LogP contribution < -0.4 is 4.74 Å². The summed E-state index contributed by atoms with van der Waals surface area (Å²) < 4.78 is 10.8. The van der Waals surface area contributed by atoms with Crippen LogP contribution in [0.2, 0.25) is 0 Å². The second-order valence-electron chi connectivity index (χ2n) is 7.91. The van der Waals surface area contributed by atoms with Crippen LogP contribution in [0.1, 0.15) is 34.1 Å². The molecular weight excluding hydrogens is 406 g/mol. The number of ether oxygens (including phenoxy) is 1. The number of nitrogens with zero attached hydrogens (tertiary/aromatic N) is 1. The Hall–Kier alpha value is -3.80. The highest BCUT2D eigenvalue weighted by atomic mass is 16.5. The van der Waals surface area contributed by atoms with E-state index in [0.29, 0.717) is 24.3 Å². The number of rotatable bonds is 6. The highest BCUT2D eigenvalue weighted by molar-refractivity contribution is 6.46. The molecule has 1 N–H and O–H groups in total. The van der Waals surface area contributed by atoms with E-state index in [1.54, 1.807) is 25.3 Å². The third-order valence-electron chi connectivity index (χ3n) is 5.93. The van der Waals surface area contributed by atoms with Crippen molar-refractivity contribution >= 4 is 17.4 Å². The van der Waals surface area contributed by atoms with Crippen LogP contribution in [0.5, 0.6) is 5.75 Å². The standard InChI is InChI=1S/C26H25NO5/c1-16-6-9-19(15-17(16)2)24(28)22-23(21-5-4-14-32-21)27(26(30)25(22)29)13-12-18-7-10-20(31-3)11-8-18/h4-11,14-15,23,28H,12-13H2,1-3H3/b24-22-. The van der Waals surface area contributed by atoms with Crippen LogP contribution in [-0.2, 0) is 16.0 Å². The molecular formula is C26H25NO5. The summed E-state index contributed by atoms with van der Waals surface area (Å²) in [4.78, 5) is 27.5. The number of amides is 1. The lowest BCUT2D eigenvalue weighted by atomic mass is 9.97. The minimum absolute atomic E-state index is 0.0444. The van der Waals surface area contributed by atoms with E-state index in [1.165, 1.54) is 11.2 Å². The Balaban J connectivity index is 1.71. The van der Waals surface area contributed by atoms with Gasteiger partial charge in [-0.1, -0.05) is 24.3 Å². The fourth-order valence-electron chi connectivity index (χ4n) is 3.94. The maximum Gasteiger partial charge on any atom is 0.295 e. The topological polar surface area (TPSA) is 80.0 Å². The number of carbonyl (C=O) groups is 2. The number of benzene rings is 2. The molecule has 3 aromatic rings. The van der Waals surface area contributed by atoms with Gasteiger partial charge >= 0.3 is 0 Å². The SMILES string of the molecule is COc1ccc(CCN2C(=O)C(=O)/C(=C(\O)c3ccc(C)c(C)c3)C2c2ccco2)cc1. The van der Waals surface area contributed by atoms with Gasteiger partial charge in [0.25, 0.3) is 11.7 Å². The van der Waals surface area contributed by atoms with Crippen LogP contribution >= 0.6 is 0 Å². The molecule has 1 saturated heterocycles. The van der Waals surface area contributed by atoms with Crippen molar-refractivity contribution < 1.29 is 23.8 Å². The fraction of sp³-hybridized carbons (Fsp3) is 0.231. The first-order chi connectivity index (χ1) is 15.4. The number of aliphatic hydroxyl groups excluding tert-OH is 1. The van der Waals surface area contributed by atoms with Gasteiger partial charge in [-0.15, -0.1) is 0 Å². The summed E-state index contributed by atoms with van der Waals surface area (Å²) in [6.45, 7) is 4.20. The number of aliphatic hydroxyl groups is 1. The van der Waals surface area contributed by atoms with Gasteiger partial charge in [0.1, 0.15) is 23.3 Å². The first-order valence-corrected chi connectivity index (χ1v) is 10.4. The molecule has 2 heterocycles. The number of methoxy groups -OCH3 is 1. The monoisotopic (exact) mass is 431 g/mol. The number of hydrogen-bond acceptors (Lipinski definition) is 5. The zero-order chi connectivity index (χ0) is 22.8. The van der Waals surface area contributed by atoms with E-state index < -0.39 is 17.7 Å². The van der Waals surface area contributed by atoms with Gasteiger partial charge in [0, 0.05) is 12.1 Å². The molecule has 1 aliphatic heterocycles. The highest BCUT2D eigenvalue weighted by Crippen LogP contribution is 2.39. The molecule has 6 nitrogen and oxygen atoms in total. The van der Waals surface area contributed by atoms with Gasteiger partial charge in [0.15, 0.2) is 0 Å². The molecule has 32 heavy (non-hydrogen) atoms. The van der Waals surface area contributed by atoms with Crippen LogP contribution in [-0.4, -0.2) is 35.4 Å². The van der Waals surface area contributed by atoms with Crippen LogP contribution in [0.15, 0.2) is 70.9 Å². The molecule has 4 rings (SSSR count). The number of Topliss-reactive ketones (excluding diaryl/α,β-unsaturated/α-hetero) is 1. The van der Waals surface area contributed by atoms with Crippen molar-refractivity contribution in [1.82, 2.24) is 4.90 Å². The van der Waals surface area contributed by atoms with Crippen molar-refractivity contribution in [3.63, 3.8) is 0 Å². The lowest BCUT2D eigenvalue weighted by molar-refractivity contribution is -0.140. The van der Waals surface area contributed by atoms with Gasteiger partial charge in [-0.05, 0) is 67.3 Å². The fourth-order valence-corrected chi connectivity index (χ4v) is 3.94. The molecule has 1 aromatic heterocycles. The summed E-state index contributed by atoms with van der Waals surface area (Å²) in [6.07, 6.45) is 2.03. The Labute approximate surface area is 186 Å². The number of aryl methyl sites for hydroxylation is 2. The number of furan rings is 1. The number of hydrogen-bond donors (Lipinski definition) is 1. The van der Waals surface area contributed by atoms with Crippen LogP contribution in [0.3, 0.4) is 0 Å². The van der Waals surface area contributed by atoms with E-state index in [2.05, 4.69) is 0 Å². The van der Waals surface area contributed by atoms with Crippen molar-refractivity contribution in [1.29, 1.82) is 0 Å². The van der Waals surface area contributed by atoms with E-state index in [4.69, 9.17) is 9.15 Å². The van der Waals surface area contributed by atoms with Crippen molar-refractivity contribution in [2.45, 2.75) is 26.3 Å². The minimum atomic E-state index is -0.787. The smallest absolute Gasteiger partial charge is 0.295 e. The predicted molar refractivity (Wildman–Crippen MR) is 120 cm³/mol. The third kappa shape index (κ3) is 3.91. The maximum atomic E-state index is 13.0. The molecule has 1 aliphatic rings. The Bertz CT molecular complexity index is 1180. The molecule has 0 spiro atoms. The van der Waals surface area contributed by atoms with E-state index in [-0.39, 0.29) is 11.3 Å². The lowest BCUT2D eigenvalue weighted by Crippen LogP contribution is -2.31. The highest BCUT2D eigenvalue weighted by Gasteiger charge is 2.47. The van der Waals surface area contributed by atoms with E-state index in [1.807, 2.05) is 50.2 Å². The molecule has 0 radical (unpaired) electrons. The Kier molecular flexibility index (Phi) is 5.86. The van der Waals surface area contributed by atoms with Gasteiger partial charge in [-0.3, -0.25) is 9.59 Å². The summed E-state index contributed by atoms with van der Waals surface area (Å²) in [5.74, 6) is -0.371. The summed E-state index contributed by atoms with van der Waals surface area (Å²) in [7, 11) is 1.60. The predicted octanol–water partition coefficient (Wildman–Crippen LogP) is 4.57. The normalized spacial score (nSPS) is 17.7. The Morgan fingerprint density at radius 2 is 1.81 bits per heavy atom. The molecule has 0 bridgehead atoms. The van der Waals surface area contributed by atoms with Crippen LogP contribution in [0.25, 0.3) is 5.76 Å². The van der Waals surface area contributed by atoms with Crippen LogP contribution in [0.4, 0.5) is 0 Å². The molecule has 1 unspecified atom stereocenters. The van der Waals surface area contributed by atoms with Crippen molar-refractivity contribution in [3.05, 3.63) is 94.4 Å². The zero-order valence-electron chi connectivity index (χ0n) is 18.3. The number of carbonyl (C=O) groups excluding carboxylic acids is 2. The van der Waals surface area contributed by atoms with Crippen molar-refractivity contribution in [2.75, 3.05) is 13.7 Å². The van der Waals surface area contributed by atoms with Gasteiger partial charge in [0.05, 0.1) is 18.9 Å². The van der Waals surface area contributed by atoms with Crippen molar-refractivity contribution in [3.8, 4) is 5.75 Å². The molecule has 0 aliphatic carbocycles. The zero-order valence-corrected chi connectivity index (χ0v) is 18.3. The largest absolute Gasteiger partial charge is 0.507 e. The molecule has 1 atom stereocenters. The van der Waals surface area contributed by atoms with E-state index in [0.717, 1.165) is 22.4 Å². The number of likely N-dealkylation sites (tertiary alicyclic amines) is 1. The van der Waals surface area contributed by atoms with E-state index in [9.17, 15) is 14.7 Å². The van der Waals surface area contributed by atoms with Crippen molar-refractivity contribution in [2.24, 2.45) is 0 Å². The Morgan fingerprint density at radius 1 is 1.06 bits per heavy atom. The minimum Gasteiger partial charge on any atom is -0.507 e. The van der Waals surface area contributed by atoms with Gasteiger partial charge in [-0.25, -0.2) is 0 Å². The second-order valence-corrected chi connectivity index (χ2v) is 7.91. The molecule has 0 saturated carbocycles. The molecule has 164 valence electrons. The number of ketones is 1. The first-order valence-electron chi connectivity index (χ1n) is 10.4. The lowest BCUT2D eigenvalue weighted by Gasteiger charge is -2.23. The maximum absolute atomic E-state index is 13.0. The quantitative estimate of drug-likeness (QED) is 0.351. The summed E-state index contributed by atoms with van der Waals surface area (Å²) in [5, 5.41) is 11.1. The third-order valence-corrected chi connectivity index (χ3v) is 5.93. The second kappa shape index (κ2) is 8.75. The Morgan fingerprint density at radius 3 is 2.44 bits per heavy atom. The van der Waals surface area contributed by atoms with Gasteiger partial charge < -0.3 is 19.2 Å². The van der Waals surface area contributed by atoms with Gasteiger partial charge in [-0.2, -0.15) is 0 Å². The first kappa shape index (κ1) is 21.4. The molecule has 1 fully saturated rings. The summed E-state index contributed by atoms with van der Waals surface area (Å²) >= 11 is 0. The molecule has 1 amide bonds. The summed E-state index contributed by atoms with van der Waals surface area (Å²) in [5.41, 5.74) is 3.60. The molecule has 2 aromatic carbocycles. The summed E-state index contributed by atoms with van der Waals surface area (Å²) in [6, 6.07) is 15.6. The average molecular weight is 431 g/mol. The molecule has 6 heteroatoms. The van der Waals surface area contributed by atoms with E-state index >= 15 is 0 Å². The average Bonchev–Trinajstić information content (AvgIpc) is 3.41.